The molecule has 0 radical (unpaired) electrons. The first-order valence-corrected chi connectivity index (χ1v) is 9.76. The van der Waals surface area contributed by atoms with Crippen LogP contribution in [-0.2, 0) is 4.79 Å². The van der Waals surface area contributed by atoms with Crippen LogP contribution in [0.3, 0.4) is 0 Å². The van der Waals surface area contributed by atoms with Crippen molar-refractivity contribution in [2.24, 2.45) is 5.92 Å². The van der Waals surface area contributed by atoms with E-state index < -0.39 is 53.1 Å². The summed E-state index contributed by atoms with van der Waals surface area (Å²) in [6, 6.07) is -2.62. The van der Waals surface area contributed by atoms with Gasteiger partial charge in [-0.05, 0) is 13.0 Å². The van der Waals surface area contributed by atoms with E-state index in [1.165, 1.54) is 6.92 Å². The van der Waals surface area contributed by atoms with Gasteiger partial charge in [0.05, 0.1) is 24.0 Å². The Morgan fingerprint density at radius 2 is 1.85 bits per heavy atom. The Morgan fingerprint density at radius 3 is 2.44 bits per heavy atom. The number of furan rings is 1. The van der Waals surface area contributed by atoms with Crippen LogP contribution < -0.4 is 15.5 Å². The van der Waals surface area contributed by atoms with Gasteiger partial charge in [0.25, 0.3) is 0 Å². The quantitative estimate of drug-likeness (QED) is 0.471. The number of aliphatic carboxylic acids is 1. The number of carboxylic acid groups (broad SMARTS) is 1. The van der Waals surface area contributed by atoms with Gasteiger partial charge in [0.1, 0.15) is 11.6 Å². The number of halogens is 5. The molecule has 1 fully saturated rings. The van der Waals surface area contributed by atoms with Crippen molar-refractivity contribution < 1.29 is 41.1 Å². The lowest BCUT2D eigenvalue weighted by Gasteiger charge is -2.36. The maximum Gasteiger partial charge on any atom is 0.416 e. The highest BCUT2D eigenvalue weighted by Gasteiger charge is 2.45. The van der Waals surface area contributed by atoms with Crippen LogP contribution in [0.25, 0.3) is 11.0 Å². The van der Waals surface area contributed by atoms with Crippen LogP contribution >= 0.6 is 0 Å². The van der Waals surface area contributed by atoms with E-state index in [9.17, 15) is 31.5 Å². The zero-order valence-corrected chi connectivity index (χ0v) is 17.3. The Labute approximate surface area is 187 Å². The predicted octanol–water partition coefficient (Wildman–Crippen LogP) is 3.76. The summed E-state index contributed by atoms with van der Waals surface area (Å²) in [6.07, 6.45) is -2.74. The molecule has 2 aromatic heterocycles. The monoisotopic (exact) mass is 485 g/mol. The van der Waals surface area contributed by atoms with Gasteiger partial charge in [0, 0.05) is 30.1 Å². The number of nitrogens with zero attached hydrogens (tertiary/aromatic N) is 3. The van der Waals surface area contributed by atoms with Crippen LogP contribution in [0.5, 0.6) is 0 Å². The summed E-state index contributed by atoms with van der Waals surface area (Å²) in [5, 5.41) is 12.6. The number of carbonyl (C=O) groups is 2. The second-order valence-electron chi connectivity index (χ2n) is 7.64. The van der Waals surface area contributed by atoms with Gasteiger partial charge in [-0.1, -0.05) is 0 Å². The van der Waals surface area contributed by atoms with Crippen molar-refractivity contribution in [3.8, 4) is 0 Å². The molecule has 3 N–H and O–H groups in total. The van der Waals surface area contributed by atoms with Crippen LogP contribution in [0, 0.1) is 24.5 Å². The van der Waals surface area contributed by atoms with E-state index in [-0.39, 0.29) is 35.7 Å². The summed E-state index contributed by atoms with van der Waals surface area (Å²) in [4.78, 5) is 32.6. The third kappa shape index (κ3) is 4.43. The molecule has 0 aliphatic carbocycles. The van der Waals surface area contributed by atoms with E-state index in [0.717, 1.165) is 18.5 Å². The predicted molar refractivity (Wildman–Crippen MR) is 107 cm³/mol. The third-order valence-electron chi connectivity index (χ3n) is 5.27. The molecular formula is C20H16F5N5O4. The van der Waals surface area contributed by atoms with Crippen LogP contribution in [-0.4, -0.2) is 46.3 Å². The Morgan fingerprint density at radius 1 is 1.21 bits per heavy atom. The SMILES string of the molecule is Cc1c([C@H](NC(=O)Nc2cnc(N3CC(C(=O)O)C3)nc2)C(F)(F)F)oc2c(F)cc(F)cc12. The minimum absolute atomic E-state index is 0.0353. The van der Waals surface area contributed by atoms with Crippen LogP contribution in [0.2, 0.25) is 0 Å². The minimum Gasteiger partial charge on any atom is -0.481 e. The van der Waals surface area contributed by atoms with Crippen molar-refractivity contribution in [2.75, 3.05) is 23.3 Å². The fourth-order valence-electron chi connectivity index (χ4n) is 3.48. The molecule has 0 spiro atoms. The minimum atomic E-state index is -5.02. The van der Waals surface area contributed by atoms with Crippen molar-refractivity contribution in [3.63, 3.8) is 0 Å². The van der Waals surface area contributed by atoms with Crippen LogP contribution in [0.4, 0.5) is 38.4 Å². The van der Waals surface area contributed by atoms with E-state index in [4.69, 9.17) is 9.52 Å². The van der Waals surface area contributed by atoms with E-state index in [0.29, 0.717) is 6.07 Å². The Kier molecular flexibility index (Phi) is 5.75. The number of hydrogen-bond acceptors (Lipinski definition) is 6. The number of aryl methyl sites for hydroxylation is 1. The van der Waals surface area contributed by atoms with E-state index in [2.05, 4.69) is 15.3 Å². The molecule has 180 valence electrons. The second kappa shape index (κ2) is 8.43. The molecule has 0 saturated carbocycles. The summed E-state index contributed by atoms with van der Waals surface area (Å²) < 4.78 is 73.7. The number of alkyl halides is 3. The normalized spacial score (nSPS) is 15.2. The van der Waals surface area contributed by atoms with Gasteiger partial charge in [-0.3, -0.25) is 4.79 Å². The van der Waals surface area contributed by atoms with Gasteiger partial charge in [0.2, 0.25) is 5.95 Å². The fourth-order valence-corrected chi connectivity index (χ4v) is 3.48. The van der Waals surface area contributed by atoms with Crippen LogP contribution in [0.1, 0.15) is 17.4 Å². The lowest BCUT2D eigenvalue weighted by molar-refractivity contribution is -0.158. The molecule has 9 nitrogen and oxygen atoms in total. The number of rotatable bonds is 5. The van der Waals surface area contributed by atoms with Crippen molar-refractivity contribution >= 4 is 34.6 Å². The number of carboxylic acids is 1. The lowest BCUT2D eigenvalue weighted by atomic mass is 10.0. The molecule has 1 aromatic carbocycles. The van der Waals surface area contributed by atoms with E-state index in [1.54, 1.807) is 10.2 Å². The summed E-state index contributed by atoms with van der Waals surface area (Å²) in [7, 11) is 0. The van der Waals surface area contributed by atoms with Crippen LogP contribution in [0.15, 0.2) is 28.9 Å². The summed E-state index contributed by atoms with van der Waals surface area (Å²) >= 11 is 0. The van der Waals surface area contributed by atoms with Gasteiger partial charge >= 0.3 is 18.2 Å². The second-order valence-corrected chi connectivity index (χ2v) is 7.64. The zero-order chi connectivity index (χ0) is 24.8. The zero-order valence-electron chi connectivity index (χ0n) is 17.3. The first kappa shape index (κ1) is 23.2. The van der Waals surface area contributed by atoms with Gasteiger partial charge in [0.15, 0.2) is 17.4 Å². The Balaban J connectivity index is 1.49. The summed E-state index contributed by atoms with van der Waals surface area (Å²) in [5.74, 6) is -4.25. The van der Waals surface area contributed by atoms with Gasteiger partial charge < -0.3 is 25.1 Å². The number of anilines is 2. The van der Waals surface area contributed by atoms with Gasteiger partial charge in [-0.15, -0.1) is 0 Å². The number of benzene rings is 1. The largest absolute Gasteiger partial charge is 0.481 e. The number of carbonyl (C=O) groups excluding carboxylic acids is 1. The molecule has 14 heteroatoms. The molecule has 1 aliphatic heterocycles. The number of fused-ring (bicyclic) bond motifs is 1. The average molecular weight is 485 g/mol. The third-order valence-corrected chi connectivity index (χ3v) is 5.27. The van der Waals surface area contributed by atoms with Gasteiger partial charge in [-0.25, -0.2) is 23.5 Å². The number of hydrogen-bond donors (Lipinski definition) is 3. The summed E-state index contributed by atoms with van der Waals surface area (Å²) in [5.41, 5.74) is -0.782. The van der Waals surface area contributed by atoms with E-state index >= 15 is 0 Å². The van der Waals surface area contributed by atoms with Crippen molar-refractivity contribution in [1.82, 2.24) is 15.3 Å². The number of urea groups is 1. The molecule has 0 unspecified atom stereocenters. The molecule has 3 aromatic rings. The number of nitrogens with one attached hydrogen (secondary N) is 2. The van der Waals surface area contributed by atoms with Gasteiger partial charge in [-0.2, -0.15) is 13.2 Å². The number of aromatic nitrogens is 2. The standard InChI is InChI=1S/C20H16F5N5O4/c1-8-12-2-10(21)3-13(22)15(12)34-14(8)16(20(23,24)25)29-19(33)28-11-4-26-18(27-5-11)30-6-9(7-30)17(31)32/h2-5,9,16H,6-7H2,1H3,(H,31,32)(H2,28,29,33)/t16-/m0/s1. The highest BCUT2D eigenvalue weighted by molar-refractivity contribution is 5.89. The van der Waals surface area contributed by atoms with Crippen molar-refractivity contribution in [2.45, 2.75) is 19.1 Å². The average Bonchev–Trinajstić information content (AvgIpc) is 3.02. The molecule has 2 amide bonds. The topological polar surface area (TPSA) is 121 Å². The van der Waals surface area contributed by atoms with Crippen molar-refractivity contribution in [3.05, 3.63) is 47.5 Å². The summed E-state index contributed by atoms with van der Waals surface area (Å²) in [6.45, 7) is 1.60. The lowest BCUT2D eigenvalue weighted by Crippen LogP contribution is -2.51. The molecule has 3 heterocycles. The Bertz CT molecular complexity index is 1250. The maximum absolute atomic E-state index is 14.0. The smallest absolute Gasteiger partial charge is 0.416 e. The molecular weight excluding hydrogens is 469 g/mol. The molecule has 4 rings (SSSR count). The van der Waals surface area contributed by atoms with Crippen molar-refractivity contribution in [1.29, 1.82) is 0 Å². The number of amides is 2. The first-order valence-electron chi connectivity index (χ1n) is 9.76. The Hall–Kier alpha value is -3.97. The fraction of sp³-hybridized carbons (Fsp3) is 0.300. The highest BCUT2D eigenvalue weighted by Crippen LogP contribution is 2.39. The molecule has 1 saturated heterocycles. The molecule has 0 bridgehead atoms. The first-order chi connectivity index (χ1) is 15.9. The highest BCUT2D eigenvalue weighted by atomic mass is 19.4. The maximum atomic E-state index is 14.0. The van der Waals surface area contributed by atoms with E-state index in [1.807, 2.05) is 0 Å². The molecule has 1 aliphatic rings. The molecule has 34 heavy (non-hydrogen) atoms. The molecule has 1 atom stereocenters.